The van der Waals surface area contributed by atoms with Crippen LogP contribution in [0.5, 0.6) is 0 Å². The highest BCUT2D eigenvalue weighted by molar-refractivity contribution is 8.14. The minimum Gasteiger partial charge on any atom is -0.326 e. The maximum Gasteiger partial charge on any atom is 0.228 e. The Labute approximate surface area is 178 Å². The maximum absolute atomic E-state index is 13.2. The number of rotatable bonds is 2. The number of carbonyl (C=O) groups excluding carboxylic acids is 2. The number of hydrogen-bond donors (Lipinski definition) is 1. The Morgan fingerprint density at radius 3 is 2.62 bits per heavy atom. The zero-order valence-electron chi connectivity index (χ0n) is 17.4. The summed E-state index contributed by atoms with van der Waals surface area (Å²) in [6, 6.07) is 9.87. The van der Waals surface area contributed by atoms with Crippen LogP contribution in [0.4, 0.5) is 5.69 Å². The molecule has 0 unspecified atom stereocenters. The van der Waals surface area contributed by atoms with Crippen molar-refractivity contribution in [2.45, 2.75) is 57.6 Å². The van der Waals surface area contributed by atoms with E-state index in [0.717, 1.165) is 24.9 Å². The van der Waals surface area contributed by atoms with Crippen molar-refractivity contribution in [2.24, 2.45) is 34.5 Å². The number of nitrogens with one attached hydrogen (secondary N) is 1. The van der Waals surface area contributed by atoms with Gasteiger partial charge in [0.1, 0.15) is 0 Å². The number of allylic oxidation sites excluding steroid dienone is 1. The van der Waals surface area contributed by atoms with Crippen molar-refractivity contribution in [2.75, 3.05) is 5.32 Å². The molecule has 0 spiro atoms. The maximum atomic E-state index is 13.2. The van der Waals surface area contributed by atoms with E-state index in [1.165, 1.54) is 19.3 Å². The second-order valence-corrected chi connectivity index (χ2v) is 11.3. The molecule has 0 saturated heterocycles. The molecule has 1 aliphatic heterocycles. The van der Waals surface area contributed by atoms with Crippen LogP contribution in [0.1, 0.15) is 52.4 Å². The van der Waals surface area contributed by atoms with Gasteiger partial charge in [0.25, 0.3) is 0 Å². The van der Waals surface area contributed by atoms with Crippen molar-refractivity contribution in [3.63, 3.8) is 0 Å². The first kappa shape index (κ1) is 19.4. The van der Waals surface area contributed by atoms with E-state index < -0.39 is 0 Å². The number of thioether (sulfide) groups is 1. The number of para-hydroxylation sites is 1. The number of amides is 1. The molecule has 0 aromatic heterocycles. The SMILES string of the molecule is C[C@]12C=CC(=O)S[C@@H]1CC[C@@H]1[C@@H]2CC[C@]2(C)[C@@H](C(=O)Nc3ccccc3)CC[C@@H]12. The fourth-order valence-corrected chi connectivity index (χ4v) is 8.57. The van der Waals surface area contributed by atoms with E-state index in [1.807, 2.05) is 36.4 Å². The fraction of sp³-hybridized carbons (Fsp3) is 0.600. The molecule has 1 aromatic carbocycles. The van der Waals surface area contributed by atoms with E-state index in [0.29, 0.717) is 23.0 Å². The highest BCUT2D eigenvalue weighted by atomic mass is 32.2. The van der Waals surface area contributed by atoms with Crippen LogP contribution in [0, 0.1) is 34.5 Å². The first-order valence-corrected chi connectivity index (χ1v) is 12.1. The number of carbonyl (C=O) groups is 2. The monoisotopic (exact) mass is 409 g/mol. The van der Waals surface area contributed by atoms with Crippen molar-refractivity contribution in [3.05, 3.63) is 42.5 Å². The second kappa shape index (κ2) is 7.01. The highest BCUT2D eigenvalue weighted by Gasteiger charge is 2.60. The van der Waals surface area contributed by atoms with Crippen LogP contribution < -0.4 is 5.32 Å². The molecule has 29 heavy (non-hydrogen) atoms. The van der Waals surface area contributed by atoms with E-state index in [2.05, 4.69) is 25.2 Å². The van der Waals surface area contributed by atoms with E-state index in [-0.39, 0.29) is 27.8 Å². The summed E-state index contributed by atoms with van der Waals surface area (Å²) in [5.74, 6) is 2.27. The van der Waals surface area contributed by atoms with Crippen LogP contribution in [0.3, 0.4) is 0 Å². The minimum absolute atomic E-state index is 0.102. The Balaban J connectivity index is 1.38. The Morgan fingerprint density at radius 1 is 1.03 bits per heavy atom. The molecule has 154 valence electrons. The van der Waals surface area contributed by atoms with Gasteiger partial charge < -0.3 is 5.32 Å². The third-order valence-corrected chi connectivity index (χ3v) is 10.3. The van der Waals surface area contributed by atoms with Gasteiger partial charge in [0, 0.05) is 22.3 Å². The molecule has 1 heterocycles. The lowest BCUT2D eigenvalue weighted by molar-refractivity contribution is -0.127. The Kier molecular flexibility index (Phi) is 4.69. The lowest BCUT2D eigenvalue weighted by atomic mass is 9.49. The minimum atomic E-state index is 0.102. The molecule has 4 aliphatic rings. The van der Waals surface area contributed by atoms with Crippen LogP contribution in [0.2, 0.25) is 0 Å². The summed E-state index contributed by atoms with van der Waals surface area (Å²) in [4.78, 5) is 25.2. The summed E-state index contributed by atoms with van der Waals surface area (Å²) in [5, 5.41) is 3.84. The van der Waals surface area contributed by atoms with Crippen molar-refractivity contribution >= 4 is 28.5 Å². The summed E-state index contributed by atoms with van der Waals surface area (Å²) in [5.41, 5.74) is 1.14. The molecule has 0 bridgehead atoms. The summed E-state index contributed by atoms with van der Waals surface area (Å²) in [6.07, 6.45) is 10.9. The first-order chi connectivity index (χ1) is 13.9. The summed E-state index contributed by atoms with van der Waals surface area (Å²) in [7, 11) is 0. The lowest BCUT2D eigenvalue weighted by Crippen LogP contribution is -2.53. The summed E-state index contributed by atoms with van der Waals surface area (Å²) >= 11 is 1.57. The molecule has 1 N–H and O–H groups in total. The molecule has 4 heteroatoms. The smallest absolute Gasteiger partial charge is 0.228 e. The van der Waals surface area contributed by atoms with Crippen molar-refractivity contribution < 1.29 is 9.59 Å². The highest BCUT2D eigenvalue weighted by Crippen LogP contribution is 2.66. The van der Waals surface area contributed by atoms with Crippen molar-refractivity contribution in [1.29, 1.82) is 0 Å². The van der Waals surface area contributed by atoms with Gasteiger partial charge in [-0.2, -0.15) is 0 Å². The average molecular weight is 410 g/mol. The zero-order chi connectivity index (χ0) is 20.2. The van der Waals surface area contributed by atoms with Gasteiger partial charge in [-0.3, -0.25) is 9.59 Å². The van der Waals surface area contributed by atoms with Crippen LogP contribution in [0.25, 0.3) is 0 Å². The summed E-state index contributed by atoms with van der Waals surface area (Å²) < 4.78 is 0. The Morgan fingerprint density at radius 2 is 1.83 bits per heavy atom. The molecule has 1 amide bonds. The molecule has 3 saturated carbocycles. The van der Waals surface area contributed by atoms with Crippen LogP contribution in [0.15, 0.2) is 42.5 Å². The molecule has 3 fully saturated rings. The van der Waals surface area contributed by atoms with Gasteiger partial charge >= 0.3 is 0 Å². The van der Waals surface area contributed by atoms with Crippen molar-refractivity contribution in [3.8, 4) is 0 Å². The molecule has 7 atom stereocenters. The lowest BCUT2D eigenvalue weighted by Gasteiger charge is -2.58. The number of anilines is 1. The third-order valence-electron chi connectivity index (χ3n) is 8.89. The van der Waals surface area contributed by atoms with Gasteiger partial charge in [-0.05, 0) is 79.9 Å². The van der Waals surface area contributed by atoms with E-state index in [9.17, 15) is 9.59 Å². The predicted octanol–water partition coefficient (Wildman–Crippen LogP) is 5.68. The molecular formula is C25H31NO2S. The van der Waals surface area contributed by atoms with Gasteiger partial charge in [-0.1, -0.05) is 49.9 Å². The normalized spacial score (nSPS) is 43.2. The Hall–Kier alpha value is -1.55. The van der Waals surface area contributed by atoms with Gasteiger partial charge in [-0.15, -0.1) is 0 Å². The average Bonchev–Trinajstić information content (AvgIpc) is 3.06. The molecular weight excluding hydrogens is 378 g/mol. The third kappa shape index (κ3) is 3.01. The quantitative estimate of drug-likeness (QED) is 0.683. The van der Waals surface area contributed by atoms with Crippen molar-refractivity contribution in [1.82, 2.24) is 0 Å². The van der Waals surface area contributed by atoms with Crippen LogP contribution in [-0.2, 0) is 9.59 Å². The zero-order valence-corrected chi connectivity index (χ0v) is 18.2. The largest absolute Gasteiger partial charge is 0.326 e. The number of fused-ring (bicyclic) bond motifs is 5. The number of benzene rings is 1. The molecule has 3 aliphatic carbocycles. The first-order valence-electron chi connectivity index (χ1n) is 11.2. The van der Waals surface area contributed by atoms with Crippen LogP contribution in [-0.4, -0.2) is 16.3 Å². The predicted molar refractivity (Wildman–Crippen MR) is 118 cm³/mol. The standard InChI is InChI=1S/C25H31NO2S/c1-24-14-12-19-17(8-11-21-25(19,2)15-13-22(27)29-21)18(24)9-10-20(24)23(28)26-16-6-4-3-5-7-16/h3-7,13,15,17-21H,8-12,14H2,1-2H3,(H,26,28)/t17-,18-,19-,20+,21+,24-,25+/m0/s1. The Bertz CT molecular complexity index is 852. The van der Waals surface area contributed by atoms with Gasteiger partial charge in [0.05, 0.1) is 0 Å². The molecule has 3 nitrogen and oxygen atoms in total. The van der Waals surface area contributed by atoms with Gasteiger partial charge in [0.15, 0.2) is 0 Å². The van der Waals surface area contributed by atoms with E-state index >= 15 is 0 Å². The topological polar surface area (TPSA) is 46.2 Å². The van der Waals surface area contributed by atoms with E-state index in [1.54, 1.807) is 11.8 Å². The molecule has 1 aromatic rings. The van der Waals surface area contributed by atoms with E-state index in [4.69, 9.17) is 0 Å². The number of hydrogen-bond acceptors (Lipinski definition) is 3. The fourth-order valence-electron chi connectivity index (χ4n) is 7.38. The molecule has 5 rings (SSSR count). The van der Waals surface area contributed by atoms with Gasteiger partial charge in [0.2, 0.25) is 11.0 Å². The summed E-state index contributed by atoms with van der Waals surface area (Å²) in [6.45, 7) is 4.78. The van der Waals surface area contributed by atoms with Crippen LogP contribution >= 0.6 is 11.8 Å². The molecule has 0 radical (unpaired) electrons. The van der Waals surface area contributed by atoms with Gasteiger partial charge in [-0.25, -0.2) is 0 Å². The second-order valence-electron chi connectivity index (χ2n) is 10.1.